The van der Waals surface area contributed by atoms with Gasteiger partial charge in [-0.3, -0.25) is 4.98 Å². The standard InChI is InChI=1S/C18H15F3N2/c19-18(20,21)12-6-7-16-15(9-12)13-4-1-5-14(13)17(23-16)11-3-2-8-22-10-11/h1-4,6-10,13-14,17,23H,5H2/t13-,14+,17+/m1/s1. The van der Waals surface area contributed by atoms with Gasteiger partial charge >= 0.3 is 6.18 Å². The quantitative estimate of drug-likeness (QED) is 0.755. The first-order chi connectivity index (χ1) is 11.0. The summed E-state index contributed by atoms with van der Waals surface area (Å²) in [6.07, 6.45) is 4.19. The summed E-state index contributed by atoms with van der Waals surface area (Å²) in [4.78, 5) is 4.17. The Morgan fingerprint density at radius 1 is 1.17 bits per heavy atom. The highest BCUT2D eigenvalue weighted by molar-refractivity contribution is 5.60. The molecule has 0 unspecified atom stereocenters. The maximum atomic E-state index is 13.0. The zero-order chi connectivity index (χ0) is 16.0. The molecule has 1 aliphatic carbocycles. The molecule has 0 amide bonds. The number of nitrogens with zero attached hydrogens (tertiary/aromatic N) is 1. The van der Waals surface area contributed by atoms with Crippen molar-refractivity contribution in [2.45, 2.75) is 24.6 Å². The fraction of sp³-hybridized carbons (Fsp3) is 0.278. The maximum Gasteiger partial charge on any atom is 0.416 e. The Labute approximate surface area is 132 Å². The van der Waals surface area contributed by atoms with Crippen LogP contribution in [0.15, 0.2) is 54.9 Å². The number of pyridine rings is 1. The number of halogens is 3. The molecule has 5 heteroatoms. The number of hydrogen-bond donors (Lipinski definition) is 1. The number of allylic oxidation sites excluding steroid dienone is 2. The first-order valence-electron chi connectivity index (χ1n) is 7.58. The van der Waals surface area contributed by atoms with Crippen LogP contribution in [0.1, 0.15) is 35.1 Å². The van der Waals surface area contributed by atoms with Gasteiger partial charge in [-0.05, 0) is 47.7 Å². The summed E-state index contributed by atoms with van der Waals surface area (Å²) in [6.45, 7) is 0. The summed E-state index contributed by atoms with van der Waals surface area (Å²) in [5, 5.41) is 3.42. The summed E-state index contributed by atoms with van der Waals surface area (Å²) in [6, 6.07) is 7.93. The van der Waals surface area contributed by atoms with Gasteiger partial charge in [-0.15, -0.1) is 0 Å². The lowest BCUT2D eigenvalue weighted by molar-refractivity contribution is -0.137. The van der Waals surface area contributed by atoms with Crippen molar-refractivity contribution < 1.29 is 13.2 Å². The highest BCUT2D eigenvalue weighted by atomic mass is 19.4. The minimum Gasteiger partial charge on any atom is -0.378 e. The van der Waals surface area contributed by atoms with Crippen LogP contribution in [0.5, 0.6) is 0 Å². The van der Waals surface area contributed by atoms with Gasteiger partial charge in [-0.1, -0.05) is 18.2 Å². The molecule has 2 aromatic rings. The van der Waals surface area contributed by atoms with E-state index in [1.165, 1.54) is 6.07 Å². The van der Waals surface area contributed by atoms with E-state index in [0.29, 0.717) is 0 Å². The van der Waals surface area contributed by atoms with Crippen molar-refractivity contribution in [2.24, 2.45) is 5.92 Å². The molecule has 2 heterocycles. The summed E-state index contributed by atoms with van der Waals surface area (Å²) in [7, 11) is 0. The number of hydrogen-bond acceptors (Lipinski definition) is 2. The molecule has 1 aromatic carbocycles. The van der Waals surface area contributed by atoms with Gasteiger partial charge in [0, 0.05) is 24.0 Å². The van der Waals surface area contributed by atoms with E-state index in [0.717, 1.165) is 29.3 Å². The van der Waals surface area contributed by atoms with Gasteiger partial charge in [-0.2, -0.15) is 13.2 Å². The molecule has 118 valence electrons. The molecule has 0 saturated carbocycles. The molecule has 0 radical (unpaired) electrons. The van der Waals surface area contributed by atoms with Crippen LogP contribution in [0.25, 0.3) is 0 Å². The van der Waals surface area contributed by atoms with Gasteiger partial charge in [0.05, 0.1) is 11.6 Å². The number of benzene rings is 1. The maximum absolute atomic E-state index is 13.0. The zero-order valence-corrected chi connectivity index (χ0v) is 12.2. The molecule has 1 aliphatic heterocycles. The van der Waals surface area contributed by atoms with E-state index in [4.69, 9.17) is 0 Å². The summed E-state index contributed by atoms with van der Waals surface area (Å²) >= 11 is 0. The van der Waals surface area contributed by atoms with E-state index < -0.39 is 11.7 Å². The van der Waals surface area contributed by atoms with Crippen molar-refractivity contribution in [1.29, 1.82) is 0 Å². The van der Waals surface area contributed by atoms with Gasteiger partial charge in [0.25, 0.3) is 0 Å². The molecule has 23 heavy (non-hydrogen) atoms. The predicted octanol–water partition coefficient (Wildman–Crippen LogP) is 4.93. The topological polar surface area (TPSA) is 24.9 Å². The zero-order valence-electron chi connectivity index (χ0n) is 12.2. The molecule has 3 atom stereocenters. The van der Waals surface area contributed by atoms with E-state index in [1.54, 1.807) is 12.3 Å². The second-order valence-electron chi connectivity index (χ2n) is 6.06. The number of alkyl halides is 3. The van der Waals surface area contributed by atoms with Crippen LogP contribution in [0, 0.1) is 5.92 Å². The van der Waals surface area contributed by atoms with E-state index >= 15 is 0 Å². The van der Waals surface area contributed by atoms with Crippen LogP contribution in [0.4, 0.5) is 18.9 Å². The Morgan fingerprint density at radius 2 is 2.04 bits per heavy atom. The molecular weight excluding hydrogens is 301 g/mol. The molecule has 0 saturated heterocycles. The fourth-order valence-electron chi connectivity index (χ4n) is 3.66. The van der Waals surface area contributed by atoms with E-state index in [-0.39, 0.29) is 17.9 Å². The summed E-state index contributed by atoms with van der Waals surface area (Å²) in [5.41, 5.74) is 1.99. The number of aromatic nitrogens is 1. The van der Waals surface area contributed by atoms with Crippen molar-refractivity contribution in [2.75, 3.05) is 5.32 Å². The first kappa shape index (κ1) is 14.3. The SMILES string of the molecule is FC(F)(F)c1ccc2c(c1)[C@@H]1C=CC[C@@H]1[C@H](c1cccnc1)N2. The Balaban J connectivity index is 1.78. The molecule has 2 aliphatic rings. The van der Waals surface area contributed by atoms with Crippen molar-refractivity contribution in [3.63, 3.8) is 0 Å². The van der Waals surface area contributed by atoms with E-state index in [9.17, 15) is 13.2 Å². The van der Waals surface area contributed by atoms with Crippen LogP contribution in [-0.2, 0) is 6.18 Å². The average molecular weight is 316 g/mol. The van der Waals surface area contributed by atoms with Gasteiger partial charge < -0.3 is 5.32 Å². The van der Waals surface area contributed by atoms with Crippen LogP contribution >= 0.6 is 0 Å². The van der Waals surface area contributed by atoms with Crippen molar-refractivity contribution >= 4 is 5.69 Å². The molecular formula is C18H15F3N2. The van der Waals surface area contributed by atoms with Crippen LogP contribution in [0.3, 0.4) is 0 Å². The van der Waals surface area contributed by atoms with Crippen LogP contribution in [-0.4, -0.2) is 4.98 Å². The molecule has 2 nitrogen and oxygen atoms in total. The molecule has 1 N–H and O–H groups in total. The molecule has 0 spiro atoms. The first-order valence-corrected chi connectivity index (χ1v) is 7.58. The van der Waals surface area contributed by atoms with Crippen LogP contribution < -0.4 is 5.32 Å². The third-order valence-corrected chi connectivity index (χ3v) is 4.73. The average Bonchev–Trinajstić information content (AvgIpc) is 3.03. The number of fused-ring (bicyclic) bond motifs is 3. The lowest BCUT2D eigenvalue weighted by atomic mass is 9.77. The fourth-order valence-corrected chi connectivity index (χ4v) is 3.66. The smallest absolute Gasteiger partial charge is 0.378 e. The Hall–Kier alpha value is -2.30. The third-order valence-electron chi connectivity index (χ3n) is 4.73. The normalized spacial score (nSPS) is 25.6. The minimum atomic E-state index is -4.31. The molecule has 1 aromatic heterocycles. The minimum absolute atomic E-state index is 0.0127. The van der Waals surface area contributed by atoms with Crippen molar-refractivity contribution in [3.8, 4) is 0 Å². The van der Waals surface area contributed by atoms with Gasteiger partial charge in [0.15, 0.2) is 0 Å². The molecule has 0 bridgehead atoms. The highest BCUT2D eigenvalue weighted by Gasteiger charge is 2.39. The second kappa shape index (κ2) is 5.11. The summed E-state index contributed by atoms with van der Waals surface area (Å²) in [5.74, 6) is 0.230. The number of nitrogens with one attached hydrogen (secondary N) is 1. The van der Waals surface area contributed by atoms with Crippen molar-refractivity contribution in [3.05, 3.63) is 71.6 Å². The molecule has 0 fully saturated rings. The number of rotatable bonds is 1. The van der Waals surface area contributed by atoms with Gasteiger partial charge in [-0.25, -0.2) is 0 Å². The second-order valence-corrected chi connectivity index (χ2v) is 6.06. The van der Waals surface area contributed by atoms with Crippen LogP contribution in [0.2, 0.25) is 0 Å². The highest BCUT2D eigenvalue weighted by Crippen LogP contribution is 2.50. The van der Waals surface area contributed by atoms with E-state index in [2.05, 4.69) is 16.4 Å². The Kier molecular flexibility index (Phi) is 3.18. The predicted molar refractivity (Wildman–Crippen MR) is 82.0 cm³/mol. The van der Waals surface area contributed by atoms with E-state index in [1.807, 2.05) is 24.4 Å². The monoisotopic (exact) mass is 316 g/mol. The Bertz CT molecular complexity index is 753. The van der Waals surface area contributed by atoms with Gasteiger partial charge in [0.2, 0.25) is 0 Å². The van der Waals surface area contributed by atoms with Crippen molar-refractivity contribution in [1.82, 2.24) is 4.98 Å². The van der Waals surface area contributed by atoms with Gasteiger partial charge in [0.1, 0.15) is 0 Å². The molecule has 4 rings (SSSR count). The number of anilines is 1. The lowest BCUT2D eigenvalue weighted by Crippen LogP contribution is -2.29. The third kappa shape index (κ3) is 2.40. The lowest BCUT2D eigenvalue weighted by Gasteiger charge is -2.37. The summed E-state index contributed by atoms with van der Waals surface area (Å²) < 4.78 is 39.0. The Morgan fingerprint density at radius 3 is 2.78 bits per heavy atom. The largest absolute Gasteiger partial charge is 0.416 e.